The SMILES string of the molecule is CCOc1ccc(NC2CC(OCC)C23CCC3)cc1F. The molecule has 1 spiro atoms. The lowest BCUT2D eigenvalue weighted by molar-refractivity contribution is -0.157. The van der Waals surface area contributed by atoms with Crippen LogP contribution in [-0.4, -0.2) is 25.4 Å². The molecule has 3 nitrogen and oxygen atoms in total. The van der Waals surface area contributed by atoms with Gasteiger partial charge in [0.25, 0.3) is 0 Å². The van der Waals surface area contributed by atoms with Crippen LogP contribution in [0, 0.1) is 11.2 Å². The van der Waals surface area contributed by atoms with Crippen molar-refractivity contribution in [1.29, 1.82) is 0 Å². The van der Waals surface area contributed by atoms with Crippen LogP contribution in [0.1, 0.15) is 39.5 Å². The van der Waals surface area contributed by atoms with E-state index in [1.807, 2.05) is 13.0 Å². The van der Waals surface area contributed by atoms with Crippen LogP contribution in [0.2, 0.25) is 0 Å². The summed E-state index contributed by atoms with van der Waals surface area (Å²) in [6.07, 6.45) is 5.10. The third-order valence-corrected chi connectivity index (χ3v) is 5.01. The van der Waals surface area contributed by atoms with Gasteiger partial charge >= 0.3 is 0 Å². The molecular formula is C17H24FNO2. The lowest BCUT2D eigenvalue weighted by Gasteiger charge is -2.61. The minimum Gasteiger partial charge on any atom is -0.491 e. The van der Waals surface area contributed by atoms with Crippen molar-refractivity contribution >= 4 is 5.69 Å². The Labute approximate surface area is 125 Å². The molecule has 21 heavy (non-hydrogen) atoms. The van der Waals surface area contributed by atoms with Crippen LogP contribution in [0.25, 0.3) is 0 Å². The summed E-state index contributed by atoms with van der Waals surface area (Å²) in [7, 11) is 0. The van der Waals surface area contributed by atoms with Crippen molar-refractivity contribution in [3.05, 3.63) is 24.0 Å². The van der Waals surface area contributed by atoms with Crippen LogP contribution in [0.15, 0.2) is 18.2 Å². The lowest BCUT2D eigenvalue weighted by Crippen LogP contribution is -2.64. The molecule has 1 aromatic rings. The van der Waals surface area contributed by atoms with Crippen LogP contribution in [0.4, 0.5) is 10.1 Å². The molecule has 0 bridgehead atoms. The first kappa shape index (κ1) is 14.6. The van der Waals surface area contributed by atoms with Gasteiger partial charge in [0.05, 0.1) is 12.7 Å². The van der Waals surface area contributed by atoms with E-state index in [1.165, 1.54) is 25.3 Å². The summed E-state index contributed by atoms with van der Waals surface area (Å²) in [5, 5.41) is 3.49. The van der Waals surface area contributed by atoms with Crippen LogP contribution < -0.4 is 10.1 Å². The molecule has 116 valence electrons. The van der Waals surface area contributed by atoms with Crippen LogP contribution in [0.5, 0.6) is 5.75 Å². The predicted molar refractivity (Wildman–Crippen MR) is 81.3 cm³/mol. The average molecular weight is 293 g/mol. The molecule has 0 amide bonds. The Balaban J connectivity index is 1.66. The summed E-state index contributed by atoms with van der Waals surface area (Å²) >= 11 is 0. The molecule has 0 aromatic heterocycles. The second-order valence-electron chi connectivity index (χ2n) is 6.04. The quantitative estimate of drug-likeness (QED) is 0.860. The Kier molecular flexibility index (Phi) is 4.07. The molecule has 2 aliphatic carbocycles. The van der Waals surface area contributed by atoms with Crippen molar-refractivity contribution in [1.82, 2.24) is 0 Å². The fourth-order valence-corrected chi connectivity index (χ4v) is 3.71. The number of halogens is 1. The van der Waals surface area contributed by atoms with Crippen molar-refractivity contribution in [3.8, 4) is 5.75 Å². The van der Waals surface area contributed by atoms with E-state index in [2.05, 4.69) is 12.2 Å². The molecule has 0 aliphatic heterocycles. The van der Waals surface area contributed by atoms with Gasteiger partial charge in [0.1, 0.15) is 0 Å². The monoisotopic (exact) mass is 293 g/mol. The number of benzene rings is 1. The maximum atomic E-state index is 13.9. The van der Waals surface area contributed by atoms with Gasteiger partial charge in [-0.25, -0.2) is 4.39 Å². The van der Waals surface area contributed by atoms with Crippen molar-refractivity contribution in [2.24, 2.45) is 5.41 Å². The molecule has 2 fully saturated rings. The highest BCUT2D eigenvalue weighted by molar-refractivity contribution is 5.49. The minimum atomic E-state index is -0.301. The van der Waals surface area contributed by atoms with Crippen LogP contribution in [0.3, 0.4) is 0 Å². The normalized spacial score (nSPS) is 26.0. The second kappa shape index (κ2) is 5.84. The molecule has 2 saturated carbocycles. The van der Waals surface area contributed by atoms with Gasteiger partial charge in [0, 0.05) is 29.8 Å². The summed E-state index contributed by atoms with van der Waals surface area (Å²) < 4.78 is 25.0. The van der Waals surface area contributed by atoms with E-state index in [0.717, 1.165) is 18.7 Å². The number of nitrogens with one attached hydrogen (secondary N) is 1. The van der Waals surface area contributed by atoms with Gasteiger partial charge in [0.15, 0.2) is 11.6 Å². The largest absolute Gasteiger partial charge is 0.491 e. The maximum Gasteiger partial charge on any atom is 0.167 e. The summed E-state index contributed by atoms with van der Waals surface area (Å²) in [5.74, 6) is 0.0207. The van der Waals surface area contributed by atoms with E-state index in [4.69, 9.17) is 9.47 Å². The van der Waals surface area contributed by atoms with E-state index in [0.29, 0.717) is 24.5 Å². The molecule has 2 unspecified atom stereocenters. The summed E-state index contributed by atoms with van der Waals surface area (Å²) in [6.45, 7) is 5.16. The number of hydrogen-bond acceptors (Lipinski definition) is 3. The Hall–Kier alpha value is -1.29. The Bertz CT molecular complexity index is 502. The van der Waals surface area contributed by atoms with Gasteiger partial charge < -0.3 is 14.8 Å². The Morgan fingerprint density at radius 3 is 2.67 bits per heavy atom. The zero-order chi connectivity index (χ0) is 14.9. The molecule has 2 aliphatic rings. The number of rotatable bonds is 6. The highest BCUT2D eigenvalue weighted by Crippen LogP contribution is 2.58. The van der Waals surface area contributed by atoms with Gasteiger partial charge in [0.2, 0.25) is 0 Å². The first-order chi connectivity index (χ1) is 10.2. The molecular weight excluding hydrogens is 269 g/mol. The third-order valence-electron chi connectivity index (χ3n) is 5.01. The highest BCUT2D eigenvalue weighted by Gasteiger charge is 2.58. The van der Waals surface area contributed by atoms with Crippen LogP contribution >= 0.6 is 0 Å². The van der Waals surface area contributed by atoms with E-state index >= 15 is 0 Å². The molecule has 0 radical (unpaired) electrons. The van der Waals surface area contributed by atoms with Gasteiger partial charge in [-0.3, -0.25) is 0 Å². The van der Waals surface area contributed by atoms with E-state index in [-0.39, 0.29) is 11.2 Å². The Morgan fingerprint density at radius 2 is 2.10 bits per heavy atom. The van der Waals surface area contributed by atoms with Gasteiger partial charge in [-0.15, -0.1) is 0 Å². The first-order valence-electron chi connectivity index (χ1n) is 8.00. The third kappa shape index (κ3) is 2.50. The molecule has 1 N–H and O–H groups in total. The van der Waals surface area contributed by atoms with Gasteiger partial charge in [-0.05, 0) is 45.2 Å². The smallest absolute Gasteiger partial charge is 0.167 e. The zero-order valence-corrected chi connectivity index (χ0v) is 12.8. The maximum absolute atomic E-state index is 13.9. The van der Waals surface area contributed by atoms with E-state index < -0.39 is 0 Å². The number of ether oxygens (including phenoxy) is 2. The minimum absolute atomic E-state index is 0.283. The van der Waals surface area contributed by atoms with Crippen molar-refractivity contribution in [2.75, 3.05) is 18.5 Å². The average Bonchev–Trinajstić information content (AvgIpc) is 2.39. The molecule has 0 saturated heterocycles. The van der Waals surface area contributed by atoms with Gasteiger partial charge in [-0.1, -0.05) is 6.42 Å². The molecule has 3 rings (SSSR count). The van der Waals surface area contributed by atoms with Crippen molar-refractivity contribution < 1.29 is 13.9 Å². The number of anilines is 1. The van der Waals surface area contributed by atoms with Crippen molar-refractivity contribution in [2.45, 2.75) is 51.7 Å². The fourth-order valence-electron chi connectivity index (χ4n) is 3.71. The lowest BCUT2D eigenvalue weighted by atomic mass is 9.51. The summed E-state index contributed by atoms with van der Waals surface area (Å²) in [4.78, 5) is 0. The zero-order valence-electron chi connectivity index (χ0n) is 12.8. The first-order valence-corrected chi connectivity index (χ1v) is 8.00. The van der Waals surface area contributed by atoms with Gasteiger partial charge in [-0.2, -0.15) is 0 Å². The summed E-state index contributed by atoms with van der Waals surface area (Å²) in [5.41, 5.74) is 1.12. The van der Waals surface area contributed by atoms with E-state index in [9.17, 15) is 4.39 Å². The topological polar surface area (TPSA) is 30.5 Å². The van der Waals surface area contributed by atoms with Crippen molar-refractivity contribution in [3.63, 3.8) is 0 Å². The Morgan fingerprint density at radius 1 is 1.29 bits per heavy atom. The predicted octanol–water partition coefficient (Wildman–Crippen LogP) is 3.98. The van der Waals surface area contributed by atoms with Crippen LogP contribution in [-0.2, 0) is 4.74 Å². The fraction of sp³-hybridized carbons (Fsp3) is 0.647. The molecule has 2 atom stereocenters. The standard InChI is InChI=1S/C17H24FNO2/c1-3-20-14-7-6-12(10-13(14)18)19-15-11-16(21-4-2)17(15)8-5-9-17/h6-7,10,15-16,19H,3-5,8-9,11H2,1-2H3. The molecule has 1 aromatic carbocycles. The highest BCUT2D eigenvalue weighted by atomic mass is 19.1. The molecule has 4 heteroatoms. The van der Waals surface area contributed by atoms with E-state index in [1.54, 1.807) is 6.07 Å². The summed E-state index contributed by atoms with van der Waals surface area (Å²) in [6, 6.07) is 5.53. The number of hydrogen-bond donors (Lipinski definition) is 1. The molecule has 0 heterocycles. The second-order valence-corrected chi connectivity index (χ2v) is 6.04.